The normalized spacial score (nSPS) is 11.2. The first kappa shape index (κ1) is 24.4. The van der Waals surface area contributed by atoms with Crippen LogP contribution in [0.2, 0.25) is 0 Å². The maximum Gasteiger partial charge on any atom is 0.240 e. The van der Waals surface area contributed by atoms with Gasteiger partial charge in [-0.1, -0.05) is 87.9 Å². The van der Waals surface area contributed by atoms with Crippen LogP contribution in [0.1, 0.15) is 69.4 Å². The van der Waals surface area contributed by atoms with Gasteiger partial charge in [0.2, 0.25) is 5.91 Å². The summed E-state index contributed by atoms with van der Waals surface area (Å²) in [6.45, 7) is 2.52. The predicted molar refractivity (Wildman–Crippen MR) is 133 cm³/mol. The Morgan fingerprint density at radius 1 is 0.939 bits per heavy atom. The molecule has 0 radical (unpaired) electrons. The van der Waals surface area contributed by atoms with Crippen LogP contribution in [0.5, 0.6) is 5.75 Å². The van der Waals surface area contributed by atoms with Crippen LogP contribution < -0.4 is 10.2 Å². The van der Waals surface area contributed by atoms with Gasteiger partial charge in [-0.2, -0.15) is 5.10 Å². The minimum Gasteiger partial charge on any atom is -0.488 e. The molecule has 0 atom stereocenters. The van der Waals surface area contributed by atoms with Crippen molar-refractivity contribution in [2.24, 2.45) is 5.10 Å². The Morgan fingerprint density at radius 2 is 1.67 bits per heavy atom. The van der Waals surface area contributed by atoms with Gasteiger partial charge in [0.15, 0.2) is 0 Å². The second-order valence-electron chi connectivity index (χ2n) is 8.28. The van der Waals surface area contributed by atoms with Gasteiger partial charge in [-0.05, 0) is 41.0 Å². The van der Waals surface area contributed by atoms with Gasteiger partial charge in [-0.15, -0.1) is 0 Å². The molecule has 0 heterocycles. The molecule has 0 unspecified atom stereocenters. The number of hydrogen-bond donors (Lipinski definition) is 1. The van der Waals surface area contributed by atoms with E-state index in [2.05, 4.69) is 17.5 Å². The van der Waals surface area contributed by atoms with Crippen LogP contribution in [0.3, 0.4) is 0 Å². The molecule has 0 aliphatic carbocycles. The summed E-state index contributed by atoms with van der Waals surface area (Å²) in [6.07, 6.45) is 10.3. The first-order valence-corrected chi connectivity index (χ1v) is 11.9. The molecule has 4 nitrogen and oxygen atoms in total. The third kappa shape index (κ3) is 8.01. The number of halogens is 1. The minimum atomic E-state index is -0.274. The summed E-state index contributed by atoms with van der Waals surface area (Å²) in [4.78, 5) is 12.2. The van der Waals surface area contributed by atoms with Crippen molar-refractivity contribution in [3.05, 3.63) is 77.6 Å². The van der Waals surface area contributed by atoms with E-state index in [1.807, 2.05) is 36.4 Å². The number of rotatable bonds is 13. The number of unbranched alkanes of at least 4 members (excludes halogenated alkanes) is 6. The lowest BCUT2D eigenvalue weighted by Gasteiger charge is -2.12. The highest BCUT2D eigenvalue weighted by atomic mass is 19.1. The average molecular weight is 449 g/mol. The molecule has 0 fully saturated rings. The van der Waals surface area contributed by atoms with Gasteiger partial charge >= 0.3 is 0 Å². The van der Waals surface area contributed by atoms with Gasteiger partial charge < -0.3 is 4.74 Å². The van der Waals surface area contributed by atoms with Crippen LogP contribution in [0, 0.1) is 5.82 Å². The van der Waals surface area contributed by atoms with Crippen molar-refractivity contribution in [2.75, 3.05) is 0 Å². The monoisotopic (exact) mass is 448 g/mol. The smallest absolute Gasteiger partial charge is 0.240 e. The Labute approximate surface area is 195 Å². The number of hydrogen-bond acceptors (Lipinski definition) is 3. The number of amides is 1. The van der Waals surface area contributed by atoms with Crippen molar-refractivity contribution in [3.8, 4) is 5.75 Å². The van der Waals surface area contributed by atoms with Gasteiger partial charge in [0.05, 0.1) is 6.21 Å². The summed E-state index contributed by atoms with van der Waals surface area (Å²) in [6, 6.07) is 18.1. The molecule has 0 aliphatic heterocycles. The van der Waals surface area contributed by atoms with E-state index >= 15 is 0 Å². The van der Waals surface area contributed by atoms with E-state index in [4.69, 9.17) is 4.74 Å². The number of carbonyl (C=O) groups excluding carboxylic acids is 1. The predicted octanol–water partition coefficient (Wildman–Crippen LogP) is 7.15. The number of hydrazone groups is 1. The molecule has 0 aliphatic rings. The summed E-state index contributed by atoms with van der Waals surface area (Å²) in [5.41, 5.74) is 4.32. The number of fused-ring (bicyclic) bond motifs is 1. The topological polar surface area (TPSA) is 50.7 Å². The molecule has 3 aromatic rings. The number of carbonyl (C=O) groups is 1. The maximum atomic E-state index is 13.2. The van der Waals surface area contributed by atoms with Crippen LogP contribution >= 0.6 is 0 Å². The molecule has 0 saturated heterocycles. The Morgan fingerprint density at radius 3 is 2.45 bits per heavy atom. The molecular formula is C28H33FN2O2. The van der Waals surface area contributed by atoms with Gasteiger partial charge in [-0.3, -0.25) is 4.79 Å². The lowest BCUT2D eigenvalue weighted by atomic mass is 10.0. The van der Waals surface area contributed by atoms with E-state index in [0.717, 1.165) is 34.7 Å². The van der Waals surface area contributed by atoms with E-state index in [1.165, 1.54) is 44.2 Å². The standard InChI is InChI=1S/C28H33FN2O2/c1-2-3-4-5-6-7-8-13-28(32)31-30-20-26-25-12-10-9-11-23(25)16-19-27(26)33-21-22-14-17-24(29)18-15-22/h9-12,14-20H,2-8,13,21H2,1H3,(H,31,32). The number of nitrogens with one attached hydrogen (secondary N) is 1. The van der Waals surface area contributed by atoms with E-state index in [1.54, 1.807) is 18.3 Å². The fourth-order valence-corrected chi connectivity index (χ4v) is 3.74. The van der Waals surface area contributed by atoms with Crippen molar-refractivity contribution < 1.29 is 13.9 Å². The lowest BCUT2D eigenvalue weighted by Crippen LogP contribution is -2.17. The Kier molecular flexibility index (Phi) is 9.89. The largest absolute Gasteiger partial charge is 0.488 e. The SMILES string of the molecule is CCCCCCCCCC(=O)NN=Cc1c(OCc2ccc(F)cc2)ccc2ccccc12. The zero-order valence-corrected chi connectivity index (χ0v) is 19.4. The minimum absolute atomic E-state index is 0.0752. The quantitative estimate of drug-likeness (QED) is 0.171. The lowest BCUT2D eigenvalue weighted by molar-refractivity contribution is -0.121. The van der Waals surface area contributed by atoms with Crippen molar-refractivity contribution in [2.45, 2.75) is 64.9 Å². The van der Waals surface area contributed by atoms with E-state index in [9.17, 15) is 9.18 Å². The Bertz CT molecular complexity index is 1050. The van der Waals surface area contributed by atoms with Gasteiger partial charge in [0, 0.05) is 12.0 Å². The highest BCUT2D eigenvalue weighted by molar-refractivity contribution is 6.02. The summed E-state index contributed by atoms with van der Waals surface area (Å²) in [7, 11) is 0. The molecule has 3 aromatic carbocycles. The van der Waals surface area contributed by atoms with Crippen molar-refractivity contribution in [1.82, 2.24) is 5.43 Å². The molecule has 0 bridgehead atoms. The van der Waals surface area contributed by atoms with E-state index < -0.39 is 0 Å². The van der Waals surface area contributed by atoms with Crippen LogP contribution in [-0.4, -0.2) is 12.1 Å². The maximum absolute atomic E-state index is 13.2. The molecule has 1 amide bonds. The second-order valence-corrected chi connectivity index (χ2v) is 8.28. The van der Waals surface area contributed by atoms with Crippen molar-refractivity contribution in [1.29, 1.82) is 0 Å². The van der Waals surface area contributed by atoms with Crippen LogP contribution in [0.25, 0.3) is 10.8 Å². The van der Waals surface area contributed by atoms with Crippen LogP contribution in [0.4, 0.5) is 4.39 Å². The number of ether oxygens (including phenoxy) is 1. The second kappa shape index (κ2) is 13.4. The molecule has 0 spiro atoms. The number of benzene rings is 3. The summed E-state index contributed by atoms with van der Waals surface area (Å²) >= 11 is 0. The highest BCUT2D eigenvalue weighted by Crippen LogP contribution is 2.27. The molecule has 5 heteroatoms. The zero-order chi connectivity index (χ0) is 23.3. The average Bonchev–Trinajstić information content (AvgIpc) is 2.83. The molecule has 1 N–H and O–H groups in total. The fraction of sp³-hybridized carbons (Fsp3) is 0.357. The van der Waals surface area contributed by atoms with Gasteiger partial charge in [-0.25, -0.2) is 9.82 Å². The Balaban J connectivity index is 1.59. The number of nitrogens with zero attached hydrogens (tertiary/aromatic N) is 1. The summed E-state index contributed by atoms with van der Waals surface area (Å²) in [5, 5.41) is 6.25. The van der Waals surface area contributed by atoms with Gasteiger partial charge in [0.25, 0.3) is 0 Å². The fourth-order valence-electron chi connectivity index (χ4n) is 3.74. The zero-order valence-electron chi connectivity index (χ0n) is 19.4. The molecule has 0 saturated carbocycles. The third-order valence-corrected chi connectivity index (χ3v) is 5.63. The third-order valence-electron chi connectivity index (χ3n) is 5.63. The molecule has 174 valence electrons. The highest BCUT2D eigenvalue weighted by Gasteiger charge is 2.08. The molecule has 3 rings (SSSR count). The molecular weight excluding hydrogens is 415 g/mol. The summed E-state index contributed by atoms with van der Waals surface area (Å²) in [5.74, 6) is 0.307. The van der Waals surface area contributed by atoms with Crippen molar-refractivity contribution >= 4 is 22.9 Å². The first-order valence-electron chi connectivity index (χ1n) is 11.9. The molecule has 33 heavy (non-hydrogen) atoms. The van der Waals surface area contributed by atoms with E-state index in [-0.39, 0.29) is 11.7 Å². The van der Waals surface area contributed by atoms with E-state index in [0.29, 0.717) is 18.8 Å². The van der Waals surface area contributed by atoms with Gasteiger partial charge in [0.1, 0.15) is 18.2 Å². The van der Waals surface area contributed by atoms with Crippen molar-refractivity contribution in [3.63, 3.8) is 0 Å². The molecule has 0 aromatic heterocycles. The summed E-state index contributed by atoms with van der Waals surface area (Å²) < 4.78 is 19.2. The van der Waals surface area contributed by atoms with Crippen LogP contribution in [0.15, 0.2) is 65.8 Å². The Hall–Kier alpha value is -3.21. The van der Waals surface area contributed by atoms with Crippen LogP contribution in [-0.2, 0) is 11.4 Å². The first-order chi connectivity index (χ1) is 16.2.